The van der Waals surface area contributed by atoms with Gasteiger partial charge in [-0.2, -0.15) is 0 Å². The molecular weight excluding hydrogens is 346 g/mol. The average Bonchev–Trinajstić information content (AvgIpc) is 2.89. The Morgan fingerprint density at radius 2 is 1.81 bits per heavy atom. The summed E-state index contributed by atoms with van der Waals surface area (Å²) >= 11 is 0. The molecule has 1 aromatic rings. The van der Waals surface area contributed by atoms with Crippen molar-refractivity contribution in [3.63, 3.8) is 0 Å². The zero-order chi connectivity index (χ0) is 19.2. The van der Waals surface area contributed by atoms with Crippen LogP contribution >= 0.6 is 0 Å². The van der Waals surface area contributed by atoms with Gasteiger partial charge in [-0.1, -0.05) is 6.07 Å². The molecule has 27 heavy (non-hydrogen) atoms. The first-order chi connectivity index (χ1) is 13.0. The molecule has 1 amide bonds. The topological polar surface area (TPSA) is 65.1 Å². The van der Waals surface area contributed by atoms with Crippen LogP contribution in [0.15, 0.2) is 24.3 Å². The first kappa shape index (κ1) is 19.3. The number of nitrogens with zero attached hydrogens (tertiary/aromatic N) is 1. The van der Waals surface area contributed by atoms with E-state index in [1.807, 2.05) is 36.9 Å². The number of carbonyl (C=O) groups is 2. The summed E-state index contributed by atoms with van der Waals surface area (Å²) in [6.45, 7) is 5.10. The number of benzene rings is 1. The van der Waals surface area contributed by atoms with Crippen molar-refractivity contribution in [3.8, 4) is 11.5 Å². The second kappa shape index (κ2) is 8.93. The molecule has 0 bridgehead atoms. The highest BCUT2D eigenvalue weighted by atomic mass is 16.5. The Balaban J connectivity index is 1.53. The predicted molar refractivity (Wildman–Crippen MR) is 102 cm³/mol. The number of likely N-dealkylation sites (tertiary alicyclic amines) is 1. The van der Waals surface area contributed by atoms with E-state index in [-0.39, 0.29) is 24.6 Å². The van der Waals surface area contributed by atoms with Crippen LogP contribution in [0.1, 0.15) is 45.1 Å². The van der Waals surface area contributed by atoms with Crippen LogP contribution in [-0.4, -0.2) is 48.7 Å². The lowest BCUT2D eigenvalue weighted by Gasteiger charge is -2.38. The first-order valence-electron chi connectivity index (χ1n) is 9.60. The normalized spacial score (nSPS) is 22.4. The molecule has 1 saturated heterocycles. The highest BCUT2D eigenvalue weighted by Gasteiger charge is 2.29. The second-order valence-corrected chi connectivity index (χ2v) is 7.13. The molecule has 0 aromatic heterocycles. The van der Waals surface area contributed by atoms with Gasteiger partial charge < -0.3 is 19.1 Å². The van der Waals surface area contributed by atoms with Crippen LogP contribution in [0.25, 0.3) is 6.08 Å². The van der Waals surface area contributed by atoms with Crippen molar-refractivity contribution in [2.75, 3.05) is 19.8 Å². The molecule has 1 fully saturated rings. The molecule has 0 aliphatic carbocycles. The average molecular weight is 373 g/mol. The Labute approximate surface area is 160 Å². The van der Waals surface area contributed by atoms with E-state index in [9.17, 15) is 9.59 Å². The molecule has 6 nitrogen and oxygen atoms in total. The van der Waals surface area contributed by atoms with E-state index in [0.29, 0.717) is 24.7 Å². The summed E-state index contributed by atoms with van der Waals surface area (Å²) in [6, 6.07) is 5.88. The van der Waals surface area contributed by atoms with Gasteiger partial charge >= 0.3 is 5.97 Å². The smallest absolute Gasteiger partial charge is 0.331 e. The molecule has 2 atom stereocenters. The van der Waals surface area contributed by atoms with Crippen molar-refractivity contribution >= 4 is 18.0 Å². The highest BCUT2D eigenvalue weighted by Crippen LogP contribution is 2.30. The lowest BCUT2D eigenvalue weighted by Crippen LogP contribution is -2.49. The number of fused-ring (bicyclic) bond motifs is 1. The minimum Gasteiger partial charge on any atom is -0.490 e. The zero-order valence-electron chi connectivity index (χ0n) is 16.0. The molecule has 1 aromatic carbocycles. The Bertz CT molecular complexity index is 705. The van der Waals surface area contributed by atoms with Gasteiger partial charge in [0.05, 0.1) is 13.2 Å². The van der Waals surface area contributed by atoms with E-state index < -0.39 is 5.97 Å². The van der Waals surface area contributed by atoms with Gasteiger partial charge in [-0.25, -0.2) is 4.79 Å². The summed E-state index contributed by atoms with van der Waals surface area (Å²) in [5.74, 6) is 0.716. The van der Waals surface area contributed by atoms with Gasteiger partial charge in [0.15, 0.2) is 18.1 Å². The number of rotatable bonds is 4. The third-order valence-electron chi connectivity index (χ3n) is 5.00. The van der Waals surface area contributed by atoms with Crippen molar-refractivity contribution in [1.82, 2.24) is 4.90 Å². The molecule has 2 heterocycles. The molecule has 2 aliphatic rings. The van der Waals surface area contributed by atoms with Crippen LogP contribution in [0.2, 0.25) is 0 Å². The van der Waals surface area contributed by atoms with Gasteiger partial charge in [0.2, 0.25) is 0 Å². The Morgan fingerprint density at radius 3 is 2.56 bits per heavy atom. The van der Waals surface area contributed by atoms with Crippen molar-refractivity contribution in [1.29, 1.82) is 0 Å². The SMILES string of the molecule is C[C@@H]1CCC[C@H](C)N1C(=O)COC(=O)/C=C/c1ccc2c(c1)OCCCO2. The number of hydrogen-bond acceptors (Lipinski definition) is 5. The summed E-state index contributed by atoms with van der Waals surface area (Å²) in [5.41, 5.74) is 0.806. The quantitative estimate of drug-likeness (QED) is 0.599. The monoisotopic (exact) mass is 373 g/mol. The van der Waals surface area contributed by atoms with Gasteiger partial charge in [0.25, 0.3) is 5.91 Å². The summed E-state index contributed by atoms with van der Waals surface area (Å²) in [7, 11) is 0. The standard InChI is InChI=1S/C21H27NO5/c1-15-5-3-6-16(2)22(15)20(23)14-27-21(24)10-8-17-7-9-18-19(13-17)26-12-4-11-25-18/h7-10,13,15-16H,3-6,11-12,14H2,1-2H3/b10-8+/t15-,16+. The fourth-order valence-electron chi connectivity index (χ4n) is 3.62. The van der Waals surface area contributed by atoms with Crippen LogP contribution < -0.4 is 9.47 Å². The second-order valence-electron chi connectivity index (χ2n) is 7.13. The Hall–Kier alpha value is -2.50. The highest BCUT2D eigenvalue weighted by molar-refractivity contribution is 5.89. The fraction of sp³-hybridized carbons (Fsp3) is 0.524. The molecule has 0 spiro atoms. The molecule has 0 radical (unpaired) electrons. The van der Waals surface area contributed by atoms with Gasteiger partial charge in [0.1, 0.15) is 0 Å². The molecule has 0 saturated carbocycles. The summed E-state index contributed by atoms with van der Waals surface area (Å²) < 4.78 is 16.4. The number of piperidine rings is 1. The molecule has 0 unspecified atom stereocenters. The van der Waals surface area contributed by atoms with Crippen LogP contribution in [0, 0.1) is 0 Å². The van der Waals surface area contributed by atoms with Gasteiger partial charge in [-0.05, 0) is 56.9 Å². The minimum atomic E-state index is -0.534. The number of esters is 1. The summed E-state index contributed by atoms with van der Waals surface area (Å²) in [4.78, 5) is 26.2. The van der Waals surface area contributed by atoms with E-state index in [1.54, 1.807) is 6.08 Å². The number of hydrogen-bond donors (Lipinski definition) is 0. The maximum absolute atomic E-state index is 12.4. The molecule has 3 rings (SSSR count). The Morgan fingerprint density at radius 1 is 1.11 bits per heavy atom. The number of ether oxygens (including phenoxy) is 3. The van der Waals surface area contributed by atoms with E-state index in [1.165, 1.54) is 6.08 Å². The third-order valence-corrected chi connectivity index (χ3v) is 5.00. The van der Waals surface area contributed by atoms with Gasteiger partial charge in [-0.15, -0.1) is 0 Å². The molecule has 2 aliphatic heterocycles. The van der Waals surface area contributed by atoms with Crippen LogP contribution in [0.4, 0.5) is 0 Å². The van der Waals surface area contributed by atoms with E-state index in [0.717, 1.165) is 31.2 Å². The predicted octanol–water partition coefficient (Wildman–Crippen LogP) is 3.19. The third kappa shape index (κ3) is 5.02. The Kier molecular flexibility index (Phi) is 6.37. The van der Waals surface area contributed by atoms with Crippen molar-refractivity contribution < 1.29 is 23.8 Å². The maximum atomic E-state index is 12.4. The lowest BCUT2D eigenvalue weighted by atomic mass is 9.97. The minimum absolute atomic E-state index is 0.132. The molecule has 146 valence electrons. The zero-order valence-corrected chi connectivity index (χ0v) is 16.0. The van der Waals surface area contributed by atoms with Gasteiger partial charge in [-0.3, -0.25) is 4.79 Å². The number of amides is 1. The fourth-order valence-corrected chi connectivity index (χ4v) is 3.62. The maximum Gasteiger partial charge on any atom is 0.331 e. The largest absolute Gasteiger partial charge is 0.490 e. The van der Waals surface area contributed by atoms with Crippen LogP contribution in [0.3, 0.4) is 0 Å². The van der Waals surface area contributed by atoms with E-state index >= 15 is 0 Å². The van der Waals surface area contributed by atoms with Gasteiger partial charge in [0, 0.05) is 24.6 Å². The number of carbonyl (C=O) groups excluding carboxylic acids is 2. The first-order valence-corrected chi connectivity index (χ1v) is 9.60. The van der Waals surface area contributed by atoms with Crippen molar-refractivity contribution in [3.05, 3.63) is 29.8 Å². The summed E-state index contributed by atoms with van der Waals surface area (Å²) in [5, 5.41) is 0. The molecule has 6 heteroatoms. The van der Waals surface area contributed by atoms with E-state index in [4.69, 9.17) is 14.2 Å². The van der Waals surface area contributed by atoms with Crippen molar-refractivity contribution in [2.24, 2.45) is 0 Å². The van der Waals surface area contributed by atoms with Crippen LogP contribution in [-0.2, 0) is 14.3 Å². The summed E-state index contributed by atoms with van der Waals surface area (Å²) in [6.07, 6.45) is 6.93. The molecular formula is C21H27NO5. The van der Waals surface area contributed by atoms with Crippen LogP contribution in [0.5, 0.6) is 11.5 Å². The lowest BCUT2D eigenvalue weighted by molar-refractivity contribution is -0.151. The molecule has 0 N–H and O–H groups in total. The van der Waals surface area contributed by atoms with E-state index in [2.05, 4.69) is 0 Å². The van der Waals surface area contributed by atoms with Crippen molar-refractivity contribution in [2.45, 2.75) is 51.6 Å².